The van der Waals surface area contributed by atoms with Crippen LogP contribution in [0, 0.1) is 40.9 Å². The molecule has 0 aromatic heterocycles. The maximum Gasteiger partial charge on any atom is 0.0543 e. The second-order valence-corrected chi connectivity index (χ2v) is 9.41. The molecule has 0 bridgehead atoms. The molecule has 4 fully saturated rings. The quantitative estimate of drug-likeness (QED) is 0.661. The van der Waals surface area contributed by atoms with Gasteiger partial charge in [0, 0.05) is 0 Å². The predicted octanol–water partition coefficient (Wildman–Crippen LogP) is 5.19. The van der Waals surface area contributed by atoms with E-state index in [4.69, 9.17) is 0 Å². The van der Waals surface area contributed by atoms with Gasteiger partial charge in [-0.25, -0.2) is 0 Å². The highest BCUT2D eigenvalue weighted by Crippen LogP contribution is 2.64. The smallest absolute Gasteiger partial charge is 0.0543 e. The molecule has 0 aliphatic heterocycles. The van der Waals surface area contributed by atoms with Gasteiger partial charge in [-0.1, -0.05) is 19.1 Å². The van der Waals surface area contributed by atoms with Crippen LogP contribution in [0.1, 0.15) is 71.6 Å². The molecule has 8 unspecified atom stereocenters. The van der Waals surface area contributed by atoms with Gasteiger partial charge in [-0.15, -0.1) is 0 Å². The Morgan fingerprint density at radius 2 is 1.68 bits per heavy atom. The molecule has 1 nitrogen and oxygen atoms in total. The van der Waals surface area contributed by atoms with Crippen LogP contribution in [-0.4, -0.2) is 11.2 Å². The Hall–Kier alpha value is -0.300. The van der Waals surface area contributed by atoms with Crippen molar-refractivity contribution in [3.63, 3.8) is 0 Å². The Bertz CT molecular complexity index is 455. The van der Waals surface area contributed by atoms with Gasteiger partial charge in [-0.2, -0.15) is 0 Å². The fourth-order valence-corrected chi connectivity index (χ4v) is 7.50. The summed E-state index contributed by atoms with van der Waals surface area (Å²) in [6.07, 6.45) is 12.0. The van der Waals surface area contributed by atoms with Crippen LogP contribution in [0.25, 0.3) is 0 Å². The van der Waals surface area contributed by atoms with E-state index in [9.17, 15) is 5.11 Å². The van der Waals surface area contributed by atoms with Crippen LogP contribution in [-0.2, 0) is 0 Å². The third-order valence-corrected chi connectivity index (χ3v) is 8.59. The van der Waals surface area contributed by atoms with Crippen molar-refractivity contribution in [3.8, 4) is 0 Å². The molecule has 0 amide bonds. The van der Waals surface area contributed by atoms with Gasteiger partial charge < -0.3 is 5.11 Å². The lowest BCUT2D eigenvalue weighted by Crippen LogP contribution is -2.51. The Kier molecular flexibility index (Phi) is 3.72. The van der Waals surface area contributed by atoms with Gasteiger partial charge >= 0.3 is 0 Å². The van der Waals surface area contributed by atoms with Crippen molar-refractivity contribution in [1.29, 1.82) is 0 Å². The van der Waals surface area contributed by atoms with Gasteiger partial charge in [-0.05, 0) is 106 Å². The molecule has 1 N–H and O–H groups in total. The van der Waals surface area contributed by atoms with Gasteiger partial charge in [0.1, 0.15) is 0 Å². The van der Waals surface area contributed by atoms with Crippen molar-refractivity contribution in [2.45, 2.75) is 77.7 Å². The van der Waals surface area contributed by atoms with Crippen molar-refractivity contribution < 1.29 is 5.11 Å². The van der Waals surface area contributed by atoms with Crippen LogP contribution in [0.5, 0.6) is 0 Å². The minimum atomic E-state index is -0.00904. The summed E-state index contributed by atoms with van der Waals surface area (Å²) in [5, 5.41) is 10.1. The summed E-state index contributed by atoms with van der Waals surface area (Å²) in [5.74, 6) is 5.50. The fraction of sp³-hybridized carbons (Fsp3) is 0.905. The predicted molar refractivity (Wildman–Crippen MR) is 91.4 cm³/mol. The summed E-state index contributed by atoms with van der Waals surface area (Å²) in [4.78, 5) is 0. The zero-order valence-corrected chi connectivity index (χ0v) is 14.6. The van der Waals surface area contributed by atoms with Crippen LogP contribution in [0.2, 0.25) is 0 Å². The van der Waals surface area contributed by atoms with Gasteiger partial charge in [0.15, 0.2) is 0 Å². The molecule has 0 radical (unpaired) electrons. The maximum atomic E-state index is 10.1. The summed E-state index contributed by atoms with van der Waals surface area (Å²) in [5.41, 5.74) is 1.99. The normalized spacial score (nSPS) is 54.2. The van der Waals surface area contributed by atoms with Gasteiger partial charge in [0.2, 0.25) is 0 Å². The summed E-state index contributed by atoms with van der Waals surface area (Å²) >= 11 is 0. The van der Waals surface area contributed by atoms with Gasteiger partial charge in [0.25, 0.3) is 0 Å². The molecule has 0 aromatic carbocycles. The first kappa shape index (κ1) is 15.2. The first-order valence-corrected chi connectivity index (χ1v) is 9.84. The highest BCUT2D eigenvalue weighted by atomic mass is 16.3. The van der Waals surface area contributed by atoms with E-state index in [-0.39, 0.29) is 6.10 Å². The van der Waals surface area contributed by atoms with E-state index in [0.29, 0.717) is 5.41 Å². The number of aliphatic hydroxyl groups is 1. The summed E-state index contributed by atoms with van der Waals surface area (Å²) in [6.45, 7) is 9.14. The van der Waals surface area contributed by atoms with E-state index in [0.717, 1.165) is 48.3 Å². The van der Waals surface area contributed by atoms with Gasteiger partial charge in [-0.3, -0.25) is 0 Å². The number of hydrogen-bond acceptors (Lipinski definition) is 1. The molecule has 4 aliphatic carbocycles. The fourth-order valence-electron chi connectivity index (χ4n) is 7.50. The standard InChI is InChI=1S/C21H34O/c1-13(2)16-6-7-18-17(16)8-9-20-19(18)5-4-14-12-15(22)10-11-21(14,20)3/h14-20,22H,1,4-12H2,2-3H3. The van der Waals surface area contributed by atoms with E-state index in [1.807, 2.05) is 0 Å². The van der Waals surface area contributed by atoms with Crippen molar-refractivity contribution >= 4 is 0 Å². The van der Waals surface area contributed by atoms with Crippen molar-refractivity contribution in [3.05, 3.63) is 12.2 Å². The van der Waals surface area contributed by atoms with Crippen LogP contribution in [0.15, 0.2) is 12.2 Å². The second-order valence-electron chi connectivity index (χ2n) is 9.41. The zero-order valence-electron chi connectivity index (χ0n) is 14.6. The third-order valence-electron chi connectivity index (χ3n) is 8.59. The Balaban J connectivity index is 1.57. The first-order chi connectivity index (χ1) is 10.5. The lowest BCUT2D eigenvalue weighted by molar-refractivity contribution is -0.107. The molecule has 22 heavy (non-hydrogen) atoms. The molecule has 4 saturated carbocycles. The Labute approximate surface area is 136 Å². The molecule has 1 heteroatoms. The van der Waals surface area contributed by atoms with E-state index in [1.54, 1.807) is 0 Å². The Morgan fingerprint density at radius 3 is 2.45 bits per heavy atom. The zero-order chi connectivity index (χ0) is 15.5. The molecule has 0 aromatic rings. The molecule has 0 heterocycles. The average Bonchev–Trinajstić information content (AvgIpc) is 2.92. The molecular weight excluding hydrogens is 268 g/mol. The average molecular weight is 303 g/mol. The highest BCUT2D eigenvalue weighted by Gasteiger charge is 2.56. The molecule has 4 aliphatic rings. The first-order valence-electron chi connectivity index (χ1n) is 9.84. The maximum absolute atomic E-state index is 10.1. The topological polar surface area (TPSA) is 20.2 Å². The Morgan fingerprint density at radius 1 is 0.955 bits per heavy atom. The number of fused-ring (bicyclic) bond motifs is 5. The molecule has 4 rings (SSSR count). The lowest BCUT2D eigenvalue weighted by atomic mass is 9.47. The number of allylic oxidation sites excluding steroid dienone is 1. The van der Waals surface area contributed by atoms with E-state index in [1.165, 1.54) is 50.5 Å². The molecular formula is C21H34O. The third kappa shape index (κ3) is 2.14. The largest absolute Gasteiger partial charge is 0.393 e. The van der Waals surface area contributed by atoms with E-state index in [2.05, 4.69) is 20.4 Å². The molecule has 0 saturated heterocycles. The van der Waals surface area contributed by atoms with Crippen molar-refractivity contribution in [2.75, 3.05) is 0 Å². The molecule has 124 valence electrons. The van der Waals surface area contributed by atoms with Gasteiger partial charge in [0.05, 0.1) is 6.10 Å². The SMILES string of the molecule is C=C(C)C1CCC2C1CCC1C2CCC2CC(O)CCC21C. The number of rotatable bonds is 1. The van der Waals surface area contributed by atoms with E-state index >= 15 is 0 Å². The van der Waals surface area contributed by atoms with Crippen LogP contribution >= 0.6 is 0 Å². The van der Waals surface area contributed by atoms with Crippen LogP contribution < -0.4 is 0 Å². The minimum absolute atomic E-state index is 0.00904. The van der Waals surface area contributed by atoms with Crippen LogP contribution in [0.4, 0.5) is 0 Å². The van der Waals surface area contributed by atoms with Crippen LogP contribution in [0.3, 0.4) is 0 Å². The monoisotopic (exact) mass is 302 g/mol. The molecule has 0 spiro atoms. The highest BCUT2D eigenvalue weighted by molar-refractivity contribution is 5.10. The van der Waals surface area contributed by atoms with Crippen molar-refractivity contribution in [1.82, 2.24) is 0 Å². The second kappa shape index (κ2) is 5.36. The summed E-state index contributed by atoms with van der Waals surface area (Å²) in [7, 11) is 0. The molecule has 8 atom stereocenters. The minimum Gasteiger partial charge on any atom is -0.393 e. The van der Waals surface area contributed by atoms with Crippen molar-refractivity contribution in [2.24, 2.45) is 40.9 Å². The van der Waals surface area contributed by atoms with E-state index < -0.39 is 0 Å². The number of hydrogen-bond donors (Lipinski definition) is 1. The number of aliphatic hydroxyl groups excluding tert-OH is 1. The summed E-state index contributed by atoms with van der Waals surface area (Å²) < 4.78 is 0. The lowest BCUT2D eigenvalue weighted by Gasteiger charge is -2.59. The summed E-state index contributed by atoms with van der Waals surface area (Å²) in [6, 6.07) is 0.